The van der Waals surface area contributed by atoms with Crippen molar-refractivity contribution in [3.63, 3.8) is 0 Å². The van der Waals surface area contributed by atoms with E-state index in [1.54, 1.807) is 12.1 Å². The maximum absolute atomic E-state index is 12.3. The highest BCUT2D eigenvalue weighted by atomic mass is 79.9. The first-order chi connectivity index (χ1) is 9.19. The van der Waals surface area contributed by atoms with Gasteiger partial charge in [-0.25, -0.2) is 5.43 Å². The molecular formula is C11H11BrClF3N4. The normalized spacial score (nSPS) is 12.3. The van der Waals surface area contributed by atoms with E-state index in [9.17, 15) is 13.2 Å². The molecule has 0 saturated carbocycles. The SMILES string of the molecule is N=C(N)NN=C(CCC(F)(F)F)c1cc(Cl)ccc1Br. The lowest BCUT2D eigenvalue weighted by Crippen LogP contribution is -2.27. The number of hydrazone groups is 1. The van der Waals surface area contributed by atoms with E-state index in [4.69, 9.17) is 22.7 Å². The van der Waals surface area contributed by atoms with Crippen molar-refractivity contribution in [1.82, 2.24) is 5.43 Å². The average molecular weight is 372 g/mol. The minimum Gasteiger partial charge on any atom is -0.369 e. The lowest BCUT2D eigenvalue weighted by Gasteiger charge is -2.11. The van der Waals surface area contributed by atoms with Crippen LogP contribution in [-0.4, -0.2) is 17.8 Å². The Balaban J connectivity index is 3.06. The number of hydrogen-bond acceptors (Lipinski definition) is 2. The Hall–Kier alpha value is -1.28. The molecule has 4 N–H and O–H groups in total. The summed E-state index contributed by atoms with van der Waals surface area (Å²) in [5.41, 5.74) is 7.73. The van der Waals surface area contributed by atoms with Crippen LogP contribution in [0.3, 0.4) is 0 Å². The summed E-state index contributed by atoms with van der Waals surface area (Å²) in [6.07, 6.45) is -5.70. The van der Waals surface area contributed by atoms with Crippen LogP contribution in [0.2, 0.25) is 5.02 Å². The molecule has 0 saturated heterocycles. The average Bonchev–Trinajstić information content (AvgIpc) is 2.31. The molecule has 0 aliphatic carbocycles. The number of hydrogen-bond donors (Lipinski definition) is 3. The van der Waals surface area contributed by atoms with Crippen molar-refractivity contribution >= 4 is 39.2 Å². The van der Waals surface area contributed by atoms with Gasteiger partial charge in [0.15, 0.2) is 0 Å². The molecule has 0 heterocycles. The number of halogens is 5. The fourth-order valence-corrected chi connectivity index (χ4v) is 2.00. The summed E-state index contributed by atoms with van der Waals surface area (Å²) in [6, 6.07) is 4.69. The number of nitrogens with zero attached hydrogens (tertiary/aromatic N) is 1. The molecule has 0 atom stereocenters. The number of rotatable bonds is 4. The van der Waals surface area contributed by atoms with Crippen molar-refractivity contribution in [2.75, 3.05) is 0 Å². The van der Waals surface area contributed by atoms with Crippen molar-refractivity contribution in [3.05, 3.63) is 33.3 Å². The first-order valence-corrected chi connectivity index (χ1v) is 6.55. The summed E-state index contributed by atoms with van der Waals surface area (Å²) in [7, 11) is 0. The molecule has 0 aliphatic rings. The third kappa shape index (κ3) is 5.79. The highest BCUT2D eigenvalue weighted by molar-refractivity contribution is 9.10. The van der Waals surface area contributed by atoms with Crippen molar-refractivity contribution < 1.29 is 13.2 Å². The van der Waals surface area contributed by atoms with Crippen molar-refractivity contribution in [2.45, 2.75) is 19.0 Å². The number of alkyl halides is 3. The van der Waals surface area contributed by atoms with Crippen molar-refractivity contribution in [2.24, 2.45) is 10.8 Å². The van der Waals surface area contributed by atoms with E-state index in [-0.39, 0.29) is 12.1 Å². The second-order valence-electron chi connectivity index (χ2n) is 3.82. The second-order valence-corrected chi connectivity index (χ2v) is 5.11. The number of nitrogens with one attached hydrogen (secondary N) is 2. The van der Waals surface area contributed by atoms with Gasteiger partial charge in [-0.05, 0) is 18.2 Å². The maximum atomic E-state index is 12.3. The summed E-state index contributed by atoms with van der Waals surface area (Å²) in [4.78, 5) is 0. The Morgan fingerprint density at radius 3 is 2.65 bits per heavy atom. The molecule has 1 aromatic rings. The fraction of sp³-hybridized carbons (Fsp3) is 0.273. The quantitative estimate of drug-likeness (QED) is 0.429. The summed E-state index contributed by atoms with van der Waals surface area (Å²) >= 11 is 9.05. The van der Waals surface area contributed by atoms with E-state index in [1.807, 2.05) is 0 Å². The standard InChI is InChI=1S/C11H11BrClF3N4/c12-8-2-1-6(13)5-7(8)9(19-20-10(17)18)3-4-11(14,15)16/h1-2,5H,3-4H2,(H4,17,18,20). The van der Waals surface area contributed by atoms with Crippen LogP contribution in [0.25, 0.3) is 0 Å². The Morgan fingerprint density at radius 2 is 2.10 bits per heavy atom. The van der Waals surface area contributed by atoms with Crippen LogP contribution in [0.4, 0.5) is 13.2 Å². The molecule has 0 spiro atoms. The van der Waals surface area contributed by atoms with Gasteiger partial charge in [0.25, 0.3) is 0 Å². The zero-order chi connectivity index (χ0) is 15.3. The van der Waals surface area contributed by atoms with Gasteiger partial charge in [-0.3, -0.25) is 5.41 Å². The highest BCUT2D eigenvalue weighted by Gasteiger charge is 2.28. The topological polar surface area (TPSA) is 74.3 Å². The molecule has 0 radical (unpaired) electrons. The van der Waals surface area contributed by atoms with E-state index in [1.165, 1.54) is 6.07 Å². The molecule has 0 amide bonds. The van der Waals surface area contributed by atoms with E-state index in [0.717, 1.165) is 0 Å². The molecule has 0 unspecified atom stereocenters. The van der Waals surface area contributed by atoms with Crippen molar-refractivity contribution in [1.29, 1.82) is 5.41 Å². The van der Waals surface area contributed by atoms with E-state index in [0.29, 0.717) is 15.1 Å². The summed E-state index contributed by atoms with van der Waals surface area (Å²) in [5.74, 6) is -0.465. The monoisotopic (exact) mass is 370 g/mol. The molecule has 1 aromatic carbocycles. The molecule has 0 aromatic heterocycles. The van der Waals surface area contributed by atoms with Gasteiger partial charge in [0.2, 0.25) is 5.96 Å². The van der Waals surface area contributed by atoms with Crippen LogP contribution in [0.5, 0.6) is 0 Å². The van der Waals surface area contributed by atoms with Gasteiger partial charge in [0, 0.05) is 27.9 Å². The van der Waals surface area contributed by atoms with Gasteiger partial charge in [-0.1, -0.05) is 27.5 Å². The van der Waals surface area contributed by atoms with Crippen LogP contribution in [0, 0.1) is 5.41 Å². The molecule has 0 fully saturated rings. The third-order valence-corrected chi connectivity index (χ3v) is 3.12. The van der Waals surface area contributed by atoms with E-state index in [2.05, 4.69) is 26.5 Å². The van der Waals surface area contributed by atoms with Gasteiger partial charge >= 0.3 is 6.18 Å². The molecule has 110 valence electrons. The van der Waals surface area contributed by atoms with Gasteiger partial charge in [0.1, 0.15) is 0 Å². The van der Waals surface area contributed by atoms with Gasteiger partial charge in [-0.2, -0.15) is 18.3 Å². The zero-order valence-electron chi connectivity index (χ0n) is 10.1. The maximum Gasteiger partial charge on any atom is 0.389 e. The molecule has 0 aliphatic heterocycles. The Morgan fingerprint density at radius 1 is 1.45 bits per heavy atom. The fourth-order valence-electron chi connectivity index (χ4n) is 1.36. The first kappa shape index (κ1) is 16.8. The predicted molar refractivity (Wildman–Crippen MR) is 76.0 cm³/mol. The molecule has 1 rings (SSSR count). The van der Waals surface area contributed by atoms with Crippen LogP contribution in [0.1, 0.15) is 18.4 Å². The zero-order valence-corrected chi connectivity index (χ0v) is 12.4. The smallest absolute Gasteiger partial charge is 0.369 e. The van der Waals surface area contributed by atoms with Crippen LogP contribution in [-0.2, 0) is 0 Å². The summed E-state index contributed by atoms with van der Waals surface area (Å²) < 4.78 is 37.5. The van der Waals surface area contributed by atoms with Crippen LogP contribution in [0.15, 0.2) is 27.8 Å². The Bertz CT molecular complexity index is 531. The van der Waals surface area contributed by atoms with Gasteiger partial charge < -0.3 is 5.73 Å². The molecule has 20 heavy (non-hydrogen) atoms. The minimum atomic E-state index is -4.30. The molecule has 0 bridgehead atoms. The predicted octanol–water partition coefficient (Wildman–Crippen LogP) is 3.63. The Kier molecular flexibility index (Phi) is 5.82. The molecule has 4 nitrogen and oxygen atoms in total. The minimum absolute atomic E-state index is 0.104. The second kappa shape index (κ2) is 6.94. The van der Waals surface area contributed by atoms with E-state index < -0.39 is 18.6 Å². The largest absolute Gasteiger partial charge is 0.389 e. The number of nitrogens with two attached hydrogens (primary N) is 1. The summed E-state index contributed by atoms with van der Waals surface area (Å²) in [6.45, 7) is 0. The van der Waals surface area contributed by atoms with Crippen LogP contribution < -0.4 is 11.2 Å². The molecule has 9 heteroatoms. The summed E-state index contributed by atoms with van der Waals surface area (Å²) in [5, 5.41) is 11.1. The number of benzene rings is 1. The van der Waals surface area contributed by atoms with Crippen molar-refractivity contribution in [3.8, 4) is 0 Å². The van der Waals surface area contributed by atoms with Gasteiger partial charge in [-0.15, -0.1) is 0 Å². The lowest BCUT2D eigenvalue weighted by atomic mass is 10.1. The molecular weight excluding hydrogens is 360 g/mol. The first-order valence-electron chi connectivity index (χ1n) is 5.38. The number of guanidine groups is 1. The lowest BCUT2D eigenvalue weighted by molar-refractivity contribution is -0.132. The Labute approximate surface area is 126 Å². The van der Waals surface area contributed by atoms with E-state index >= 15 is 0 Å². The highest BCUT2D eigenvalue weighted by Crippen LogP contribution is 2.27. The van der Waals surface area contributed by atoms with Gasteiger partial charge in [0.05, 0.1) is 5.71 Å². The third-order valence-electron chi connectivity index (χ3n) is 2.20. The van der Waals surface area contributed by atoms with Crippen LogP contribution >= 0.6 is 27.5 Å².